The average molecular weight is 317 g/mol. The van der Waals surface area contributed by atoms with Crippen molar-refractivity contribution in [2.24, 2.45) is 5.92 Å². The van der Waals surface area contributed by atoms with E-state index in [1.807, 2.05) is 24.1 Å². The fraction of sp³-hybridized carbons (Fsp3) is 0.643. The van der Waals surface area contributed by atoms with Gasteiger partial charge in [0.15, 0.2) is 0 Å². The minimum atomic E-state index is -0.200. The van der Waals surface area contributed by atoms with Crippen LogP contribution in [0.5, 0.6) is 0 Å². The Bertz CT molecular complexity index is 452. The number of nitrogens with zero attached hydrogens (tertiary/aromatic N) is 1. The number of hydrogen-bond donors (Lipinski definition) is 2. The van der Waals surface area contributed by atoms with Crippen LogP contribution in [0.15, 0.2) is 12.1 Å². The predicted octanol–water partition coefficient (Wildman–Crippen LogP) is 2.11. The van der Waals surface area contributed by atoms with Gasteiger partial charge in [0.25, 0.3) is 0 Å². The van der Waals surface area contributed by atoms with Crippen molar-refractivity contribution in [2.45, 2.75) is 31.9 Å². The Kier molecular flexibility index (Phi) is 5.84. The van der Waals surface area contributed by atoms with Crippen LogP contribution in [-0.4, -0.2) is 42.2 Å². The Balaban J connectivity index is 1.68. The van der Waals surface area contributed by atoms with Crippen LogP contribution in [0.1, 0.15) is 24.1 Å². The molecule has 2 atom stereocenters. The Morgan fingerprint density at radius 1 is 1.55 bits per heavy atom. The van der Waals surface area contributed by atoms with Crippen molar-refractivity contribution >= 4 is 28.8 Å². The van der Waals surface area contributed by atoms with E-state index in [9.17, 15) is 9.90 Å². The van der Waals surface area contributed by atoms with Gasteiger partial charge in [0.05, 0.1) is 23.5 Å². The molecule has 2 N–H and O–H groups in total. The Morgan fingerprint density at radius 2 is 2.35 bits per heavy atom. The molecule has 0 radical (unpaired) electrons. The van der Waals surface area contributed by atoms with Gasteiger partial charge in [-0.2, -0.15) is 0 Å². The summed E-state index contributed by atoms with van der Waals surface area (Å²) >= 11 is 7.32. The molecule has 2 rings (SSSR count). The van der Waals surface area contributed by atoms with Crippen molar-refractivity contribution in [3.8, 4) is 0 Å². The van der Waals surface area contributed by atoms with Crippen molar-refractivity contribution < 1.29 is 9.90 Å². The monoisotopic (exact) mass is 316 g/mol. The number of rotatable bonds is 6. The molecule has 0 spiro atoms. The first-order valence-corrected chi connectivity index (χ1v) is 8.11. The zero-order valence-corrected chi connectivity index (χ0v) is 13.2. The lowest BCUT2D eigenvalue weighted by atomic mass is 10.1. The molecular weight excluding hydrogens is 296 g/mol. The highest BCUT2D eigenvalue weighted by Crippen LogP contribution is 2.25. The molecule has 6 heteroatoms. The SMILES string of the molecule is CN(CC(=O)NCc1ccc(Cl)s1)CC1CCCC1O. The molecule has 0 aromatic carbocycles. The highest BCUT2D eigenvalue weighted by molar-refractivity contribution is 7.16. The van der Waals surface area contributed by atoms with Gasteiger partial charge in [-0.1, -0.05) is 18.0 Å². The summed E-state index contributed by atoms with van der Waals surface area (Å²) < 4.78 is 0.738. The fourth-order valence-electron chi connectivity index (χ4n) is 2.63. The minimum absolute atomic E-state index is 0.00418. The number of aliphatic hydroxyl groups is 1. The third-order valence-electron chi connectivity index (χ3n) is 3.67. The number of likely N-dealkylation sites (N-methyl/N-ethyl adjacent to an activating group) is 1. The maximum Gasteiger partial charge on any atom is 0.234 e. The van der Waals surface area contributed by atoms with Gasteiger partial charge >= 0.3 is 0 Å². The van der Waals surface area contributed by atoms with Gasteiger partial charge in [-0.3, -0.25) is 9.69 Å². The van der Waals surface area contributed by atoms with Crippen LogP contribution in [0.4, 0.5) is 0 Å². The van der Waals surface area contributed by atoms with Gasteiger partial charge in [0.2, 0.25) is 5.91 Å². The quantitative estimate of drug-likeness (QED) is 0.845. The number of amides is 1. The molecule has 1 aliphatic rings. The molecule has 1 heterocycles. The Morgan fingerprint density at radius 3 is 2.95 bits per heavy atom. The summed E-state index contributed by atoms with van der Waals surface area (Å²) in [6.07, 6.45) is 2.84. The molecule has 0 bridgehead atoms. The van der Waals surface area contributed by atoms with Gasteiger partial charge in [-0.05, 0) is 37.9 Å². The second-order valence-electron chi connectivity index (χ2n) is 5.44. The lowest BCUT2D eigenvalue weighted by Crippen LogP contribution is -2.38. The van der Waals surface area contributed by atoms with Crippen molar-refractivity contribution in [3.05, 3.63) is 21.3 Å². The van der Waals surface area contributed by atoms with Crippen molar-refractivity contribution in [1.29, 1.82) is 0 Å². The van der Waals surface area contributed by atoms with Gasteiger partial charge in [0, 0.05) is 11.4 Å². The molecule has 0 aliphatic heterocycles. The van der Waals surface area contributed by atoms with Crippen LogP contribution in [0.25, 0.3) is 0 Å². The lowest BCUT2D eigenvalue weighted by molar-refractivity contribution is -0.122. The summed E-state index contributed by atoms with van der Waals surface area (Å²) in [5.74, 6) is 0.313. The molecule has 112 valence electrons. The fourth-order valence-corrected chi connectivity index (χ4v) is 3.66. The van der Waals surface area contributed by atoms with Crippen LogP contribution in [0, 0.1) is 5.92 Å². The van der Waals surface area contributed by atoms with E-state index in [1.54, 1.807) is 0 Å². The minimum Gasteiger partial charge on any atom is -0.393 e. The normalized spacial score (nSPS) is 22.4. The second-order valence-corrected chi connectivity index (χ2v) is 7.24. The smallest absolute Gasteiger partial charge is 0.234 e. The van der Waals surface area contributed by atoms with E-state index >= 15 is 0 Å². The first kappa shape index (κ1) is 15.8. The molecule has 0 saturated heterocycles. The number of halogens is 1. The van der Waals surface area contributed by atoms with E-state index in [2.05, 4.69) is 5.32 Å². The van der Waals surface area contributed by atoms with E-state index < -0.39 is 0 Å². The van der Waals surface area contributed by atoms with Crippen LogP contribution in [-0.2, 0) is 11.3 Å². The molecule has 1 saturated carbocycles. The molecule has 1 aromatic heterocycles. The van der Waals surface area contributed by atoms with E-state index in [1.165, 1.54) is 11.3 Å². The zero-order valence-electron chi connectivity index (χ0n) is 11.6. The summed E-state index contributed by atoms with van der Waals surface area (Å²) in [4.78, 5) is 14.9. The largest absolute Gasteiger partial charge is 0.393 e. The summed E-state index contributed by atoms with van der Waals surface area (Å²) in [5, 5.41) is 12.7. The van der Waals surface area contributed by atoms with Gasteiger partial charge in [-0.15, -0.1) is 11.3 Å². The zero-order chi connectivity index (χ0) is 14.5. The summed E-state index contributed by atoms with van der Waals surface area (Å²) in [7, 11) is 1.92. The van der Waals surface area contributed by atoms with Gasteiger partial charge < -0.3 is 10.4 Å². The molecule has 4 nitrogen and oxygen atoms in total. The molecule has 20 heavy (non-hydrogen) atoms. The first-order valence-electron chi connectivity index (χ1n) is 6.92. The molecule has 1 aliphatic carbocycles. The van der Waals surface area contributed by atoms with Gasteiger partial charge in [0.1, 0.15) is 0 Å². The Labute approximate surface area is 128 Å². The van der Waals surface area contributed by atoms with Crippen molar-refractivity contribution in [2.75, 3.05) is 20.1 Å². The van der Waals surface area contributed by atoms with E-state index in [4.69, 9.17) is 11.6 Å². The van der Waals surface area contributed by atoms with Crippen LogP contribution in [0.2, 0.25) is 4.34 Å². The first-order chi connectivity index (χ1) is 9.54. The van der Waals surface area contributed by atoms with Crippen LogP contribution < -0.4 is 5.32 Å². The Hall–Kier alpha value is -0.620. The third kappa shape index (κ3) is 4.74. The number of thiophene rings is 1. The number of hydrogen-bond acceptors (Lipinski definition) is 4. The number of nitrogens with one attached hydrogen (secondary N) is 1. The number of carbonyl (C=O) groups is 1. The van der Waals surface area contributed by atoms with E-state index in [0.29, 0.717) is 19.0 Å². The van der Waals surface area contributed by atoms with E-state index in [0.717, 1.165) is 35.0 Å². The molecule has 2 unspecified atom stereocenters. The second kappa shape index (κ2) is 7.41. The molecule has 1 fully saturated rings. The molecule has 1 amide bonds. The topological polar surface area (TPSA) is 52.6 Å². The van der Waals surface area contributed by atoms with Crippen LogP contribution >= 0.6 is 22.9 Å². The third-order valence-corrected chi connectivity index (χ3v) is 4.90. The molecule has 1 aromatic rings. The van der Waals surface area contributed by atoms with Crippen molar-refractivity contribution in [1.82, 2.24) is 10.2 Å². The number of carbonyl (C=O) groups excluding carboxylic acids is 1. The predicted molar refractivity (Wildman–Crippen MR) is 82.0 cm³/mol. The highest BCUT2D eigenvalue weighted by atomic mass is 35.5. The lowest BCUT2D eigenvalue weighted by Gasteiger charge is -2.22. The average Bonchev–Trinajstić information content (AvgIpc) is 2.97. The van der Waals surface area contributed by atoms with Crippen LogP contribution in [0.3, 0.4) is 0 Å². The standard InChI is InChI=1S/C14H21ClN2O2S/c1-17(8-10-3-2-4-12(10)18)9-14(19)16-7-11-5-6-13(15)20-11/h5-6,10,12,18H,2-4,7-9H2,1H3,(H,16,19). The maximum atomic E-state index is 11.8. The highest BCUT2D eigenvalue weighted by Gasteiger charge is 2.26. The summed E-state index contributed by atoms with van der Waals surface area (Å²) in [6, 6.07) is 3.76. The number of aliphatic hydroxyl groups excluding tert-OH is 1. The van der Waals surface area contributed by atoms with Gasteiger partial charge in [-0.25, -0.2) is 0 Å². The summed E-state index contributed by atoms with van der Waals surface area (Å²) in [6.45, 7) is 1.66. The summed E-state index contributed by atoms with van der Waals surface area (Å²) in [5.41, 5.74) is 0. The molecular formula is C14H21ClN2O2S. The maximum absolute atomic E-state index is 11.8. The van der Waals surface area contributed by atoms with E-state index in [-0.39, 0.29) is 12.0 Å². The van der Waals surface area contributed by atoms with Crippen molar-refractivity contribution in [3.63, 3.8) is 0 Å².